The number of nitrogen functional groups attached to an aromatic ring is 1. The molecule has 102 valence electrons. The average molecular weight is 324 g/mol. The molecule has 0 amide bonds. The molecule has 2 rings (SSSR count). The molecule has 0 radical (unpaired) electrons. The van der Waals surface area contributed by atoms with Crippen molar-refractivity contribution in [3.63, 3.8) is 0 Å². The number of methoxy groups -OCH3 is 1. The first-order chi connectivity index (χ1) is 8.93. The zero-order valence-corrected chi connectivity index (χ0v) is 13.2. The van der Waals surface area contributed by atoms with E-state index in [-0.39, 0.29) is 0 Å². The molecular weight excluding hydrogens is 306 g/mol. The molecule has 4 nitrogen and oxygen atoms in total. The third-order valence-corrected chi connectivity index (χ3v) is 3.76. The van der Waals surface area contributed by atoms with E-state index in [1.807, 2.05) is 19.2 Å². The molecule has 1 heterocycles. The highest BCUT2D eigenvalue weighted by atomic mass is 79.9. The van der Waals surface area contributed by atoms with Gasteiger partial charge in [0, 0.05) is 28.7 Å². The largest absolute Gasteiger partial charge is 0.496 e. The fourth-order valence-corrected chi connectivity index (χ4v) is 2.99. The minimum atomic E-state index is 0.382. The molecule has 0 bridgehead atoms. The molecule has 0 aliphatic rings. The Morgan fingerprint density at radius 1 is 1.32 bits per heavy atom. The maximum atomic E-state index is 5.82. The SMILES string of the molecule is COc1cc(-c2cc(N)n(C)n2)cc(Br)c1C(C)C. The Hall–Kier alpha value is -1.49. The van der Waals surface area contributed by atoms with Crippen molar-refractivity contribution in [2.24, 2.45) is 7.05 Å². The maximum absolute atomic E-state index is 5.82. The fourth-order valence-electron chi connectivity index (χ4n) is 2.09. The molecule has 2 aromatic rings. The zero-order chi connectivity index (χ0) is 14.2. The monoisotopic (exact) mass is 323 g/mol. The summed E-state index contributed by atoms with van der Waals surface area (Å²) in [6.45, 7) is 4.28. The van der Waals surface area contributed by atoms with Gasteiger partial charge in [-0.2, -0.15) is 5.10 Å². The van der Waals surface area contributed by atoms with Gasteiger partial charge in [0.15, 0.2) is 0 Å². The lowest BCUT2D eigenvalue weighted by atomic mass is 9.99. The van der Waals surface area contributed by atoms with Crippen LogP contribution in [0.4, 0.5) is 5.82 Å². The molecule has 5 heteroatoms. The first kappa shape index (κ1) is 13.9. The van der Waals surface area contributed by atoms with Gasteiger partial charge in [-0.3, -0.25) is 4.68 Å². The molecule has 0 unspecified atom stereocenters. The van der Waals surface area contributed by atoms with Crippen molar-refractivity contribution in [3.05, 3.63) is 28.2 Å². The van der Waals surface area contributed by atoms with Crippen LogP contribution in [0.2, 0.25) is 0 Å². The van der Waals surface area contributed by atoms with Gasteiger partial charge in [0.2, 0.25) is 0 Å². The summed E-state index contributed by atoms with van der Waals surface area (Å²) in [5.41, 5.74) is 8.81. The summed E-state index contributed by atoms with van der Waals surface area (Å²) in [5, 5.41) is 4.39. The highest BCUT2D eigenvalue weighted by molar-refractivity contribution is 9.10. The van der Waals surface area contributed by atoms with E-state index in [0.29, 0.717) is 11.7 Å². The minimum absolute atomic E-state index is 0.382. The van der Waals surface area contributed by atoms with Gasteiger partial charge in [0.25, 0.3) is 0 Å². The average Bonchev–Trinajstić information content (AvgIpc) is 2.68. The zero-order valence-electron chi connectivity index (χ0n) is 11.6. The number of halogens is 1. The Bertz CT molecular complexity index is 585. The third-order valence-electron chi connectivity index (χ3n) is 3.10. The van der Waals surface area contributed by atoms with E-state index >= 15 is 0 Å². The summed E-state index contributed by atoms with van der Waals surface area (Å²) >= 11 is 3.62. The molecule has 2 N–H and O–H groups in total. The number of hydrogen-bond donors (Lipinski definition) is 1. The Morgan fingerprint density at radius 2 is 2.00 bits per heavy atom. The van der Waals surface area contributed by atoms with Gasteiger partial charge in [0.1, 0.15) is 11.6 Å². The molecule has 0 fully saturated rings. The lowest BCUT2D eigenvalue weighted by Gasteiger charge is -2.15. The molecular formula is C14H18BrN3O. The second-order valence-electron chi connectivity index (χ2n) is 4.81. The Kier molecular flexibility index (Phi) is 3.85. The molecule has 0 atom stereocenters. The predicted molar refractivity (Wildman–Crippen MR) is 81.4 cm³/mol. The molecule has 0 aliphatic carbocycles. The Morgan fingerprint density at radius 3 is 2.47 bits per heavy atom. The van der Waals surface area contributed by atoms with Gasteiger partial charge >= 0.3 is 0 Å². The number of anilines is 1. The molecule has 1 aromatic carbocycles. The number of aryl methyl sites for hydroxylation is 1. The van der Waals surface area contributed by atoms with Crippen LogP contribution in [0.15, 0.2) is 22.7 Å². The van der Waals surface area contributed by atoms with Crippen molar-refractivity contribution in [1.82, 2.24) is 9.78 Å². The minimum Gasteiger partial charge on any atom is -0.496 e. The van der Waals surface area contributed by atoms with Gasteiger partial charge in [-0.1, -0.05) is 29.8 Å². The van der Waals surface area contributed by atoms with Gasteiger partial charge in [-0.15, -0.1) is 0 Å². The summed E-state index contributed by atoms with van der Waals surface area (Å²) in [5.74, 6) is 1.88. The van der Waals surface area contributed by atoms with Gasteiger partial charge in [-0.25, -0.2) is 0 Å². The molecule has 19 heavy (non-hydrogen) atoms. The first-order valence-corrected chi connectivity index (χ1v) is 6.90. The van der Waals surface area contributed by atoms with E-state index in [4.69, 9.17) is 10.5 Å². The Labute approximate surface area is 121 Å². The summed E-state index contributed by atoms with van der Waals surface area (Å²) in [4.78, 5) is 0. The number of nitrogens with two attached hydrogens (primary N) is 1. The molecule has 1 aromatic heterocycles. The summed E-state index contributed by atoms with van der Waals surface area (Å²) in [7, 11) is 3.51. The molecule has 0 spiro atoms. The van der Waals surface area contributed by atoms with Gasteiger partial charge < -0.3 is 10.5 Å². The highest BCUT2D eigenvalue weighted by Gasteiger charge is 2.15. The molecule has 0 saturated carbocycles. The quantitative estimate of drug-likeness (QED) is 0.939. The standard InChI is InChI=1S/C14H18BrN3O/c1-8(2)14-10(15)5-9(6-12(14)19-4)11-7-13(16)18(3)17-11/h5-8H,16H2,1-4H3. The van der Waals surface area contributed by atoms with Gasteiger partial charge in [0.05, 0.1) is 12.8 Å². The lowest BCUT2D eigenvalue weighted by molar-refractivity contribution is 0.407. The number of hydrogen-bond acceptors (Lipinski definition) is 3. The van der Waals surface area contributed by atoms with E-state index in [9.17, 15) is 0 Å². The Balaban J connectivity index is 2.57. The predicted octanol–water partition coefficient (Wildman–Crippen LogP) is 3.56. The second kappa shape index (κ2) is 5.25. The van der Waals surface area contributed by atoms with Crippen molar-refractivity contribution < 1.29 is 4.74 Å². The first-order valence-electron chi connectivity index (χ1n) is 6.11. The lowest BCUT2D eigenvalue weighted by Crippen LogP contribution is -1.98. The summed E-state index contributed by atoms with van der Waals surface area (Å²) in [6.07, 6.45) is 0. The van der Waals surface area contributed by atoms with Crippen LogP contribution in [0.5, 0.6) is 5.75 Å². The number of ether oxygens (including phenoxy) is 1. The molecule has 0 saturated heterocycles. The van der Waals surface area contributed by atoms with Crippen molar-refractivity contribution >= 4 is 21.7 Å². The summed E-state index contributed by atoms with van der Waals surface area (Å²) in [6, 6.07) is 5.91. The number of aromatic nitrogens is 2. The maximum Gasteiger partial charge on any atom is 0.124 e. The van der Waals surface area contributed by atoms with Crippen LogP contribution in [-0.2, 0) is 7.05 Å². The van der Waals surface area contributed by atoms with Crippen molar-refractivity contribution in [2.45, 2.75) is 19.8 Å². The highest BCUT2D eigenvalue weighted by Crippen LogP contribution is 2.37. The number of nitrogens with zero attached hydrogens (tertiary/aromatic N) is 2. The van der Waals surface area contributed by atoms with Crippen LogP contribution in [0.3, 0.4) is 0 Å². The van der Waals surface area contributed by atoms with Crippen LogP contribution >= 0.6 is 15.9 Å². The van der Waals surface area contributed by atoms with E-state index < -0.39 is 0 Å². The second-order valence-corrected chi connectivity index (χ2v) is 5.66. The van der Waals surface area contributed by atoms with Gasteiger partial charge in [-0.05, 0) is 18.1 Å². The fraction of sp³-hybridized carbons (Fsp3) is 0.357. The van der Waals surface area contributed by atoms with E-state index in [1.165, 1.54) is 0 Å². The normalized spacial score (nSPS) is 11.1. The van der Waals surface area contributed by atoms with E-state index in [0.717, 1.165) is 27.0 Å². The number of rotatable bonds is 3. The number of benzene rings is 1. The van der Waals surface area contributed by atoms with Crippen LogP contribution in [0, 0.1) is 0 Å². The van der Waals surface area contributed by atoms with E-state index in [1.54, 1.807) is 11.8 Å². The third kappa shape index (κ3) is 2.61. The topological polar surface area (TPSA) is 53.1 Å². The van der Waals surface area contributed by atoms with Crippen molar-refractivity contribution in [3.8, 4) is 17.0 Å². The molecule has 0 aliphatic heterocycles. The van der Waals surface area contributed by atoms with Crippen molar-refractivity contribution in [1.29, 1.82) is 0 Å². The van der Waals surface area contributed by atoms with Crippen LogP contribution in [0.25, 0.3) is 11.3 Å². The smallest absolute Gasteiger partial charge is 0.124 e. The van der Waals surface area contributed by atoms with Crippen LogP contribution in [-0.4, -0.2) is 16.9 Å². The van der Waals surface area contributed by atoms with Crippen LogP contribution < -0.4 is 10.5 Å². The van der Waals surface area contributed by atoms with Crippen molar-refractivity contribution in [2.75, 3.05) is 12.8 Å². The summed E-state index contributed by atoms with van der Waals surface area (Å²) < 4.78 is 8.18. The van der Waals surface area contributed by atoms with E-state index in [2.05, 4.69) is 40.9 Å². The van der Waals surface area contributed by atoms with Crippen LogP contribution in [0.1, 0.15) is 25.3 Å².